The first-order valence-electron chi connectivity index (χ1n) is 5.13. The zero-order chi connectivity index (χ0) is 11.0. The number of fused-ring (bicyclic) bond motifs is 1. The van der Waals surface area contributed by atoms with E-state index >= 15 is 0 Å². The molecule has 0 bridgehead atoms. The SMILES string of the molecule is CCC1=Cc2c(C)cccc2[CH]1[Zr]([Cl])[Cl]. The van der Waals surface area contributed by atoms with Gasteiger partial charge in [0, 0.05) is 0 Å². The van der Waals surface area contributed by atoms with Gasteiger partial charge < -0.3 is 0 Å². The number of rotatable bonds is 2. The van der Waals surface area contributed by atoms with Crippen molar-refractivity contribution in [2.24, 2.45) is 0 Å². The van der Waals surface area contributed by atoms with Crippen molar-refractivity contribution >= 4 is 23.1 Å². The molecule has 1 aromatic carbocycles. The summed E-state index contributed by atoms with van der Waals surface area (Å²) in [5, 5.41) is 0. The molecule has 3 heteroatoms. The summed E-state index contributed by atoms with van der Waals surface area (Å²) in [5.41, 5.74) is 5.49. The van der Waals surface area contributed by atoms with E-state index in [4.69, 9.17) is 17.0 Å². The predicted octanol–water partition coefficient (Wildman–Crippen LogP) is 4.77. The van der Waals surface area contributed by atoms with E-state index in [1.165, 1.54) is 22.3 Å². The number of hydrogen-bond acceptors (Lipinski definition) is 0. The van der Waals surface area contributed by atoms with Gasteiger partial charge in [-0.25, -0.2) is 0 Å². The van der Waals surface area contributed by atoms with E-state index in [1.807, 2.05) is 0 Å². The molecule has 79 valence electrons. The van der Waals surface area contributed by atoms with Crippen molar-refractivity contribution in [2.45, 2.75) is 23.9 Å². The van der Waals surface area contributed by atoms with E-state index in [1.54, 1.807) is 0 Å². The number of halogens is 2. The molecule has 0 radical (unpaired) electrons. The summed E-state index contributed by atoms with van der Waals surface area (Å²) in [6, 6.07) is 6.43. The van der Waals surface area contributed by atoms with Crippen LogP contribution in [0.15, 0.2) is 23.8 Å². The van der Waals surface area contributed by atoms with Crippen molar-refractivity contribution in [1.82, 2.24) is 0 Å². The molecule has 1 unspecified atom stereocenters. The molecule has 0 nitrogen and oxygen atoms in total. The van der Waals surface area contributed by atoms with E-state index in [-0.39, 0.29) is 0 Å². The van der Waals surface area contributed by atoms with Crippen LogP contribution in [0, 0.1) is 6.92 Å². The molecule has 0 saturated carbocycles. The second kappa shape index (κ2) is 4.74. The van der Waals surface area contributed by atoms with Gasteiger partial charge in [-0.05, 0) is 0 Å². The van der Waals surface area contributed by atoms with Crippen LogP contribution in [0.25, 0.3) is 6.08 Å². The van der Waals surface area contributed by atoms with Crippen molar-refractivity contribution < 1.29 is 19.4 Å². The van der Waals surface area contributed by atoms with Crippen molar-refractivity contribution in [1.29, 1.82) is 0 Å². The van der Waals surface area contributed by atoms with Gasteiger partial charge in [-0.1, -0.05) is 0 Å². The summed E-state index contributed by atoms with van der Waals surface area (Å²) in [7, 11) is 12.5. The van der Waals surface area contributed by atoms with Crippen LogP contribution >= 0.6 is 17.0 Å². The number of allylic oxidation sites excluding steroid dienone is 1. The van der Waals surface area contributed by atoms with Gasteiger partial charge in [-0.3, -0.25) is 0 Å². The zero-order valence-corrected chi connectivity index (χ0v) is 12.8. The van der Waals surface area contributed by atoms with Crippen molar-refractivity contribution in [3.63, 3.8) is 0 Å². The molecular weight excluding hydrogens is 306 g/mol. The van der Waals surface area contributed by atoms with Gasteiger partial charge in [0.05, 0.1) is 0 Å². The first-order valence-corrected chi connectivity index (χ1v) is 12.9. The molecule has 15 heavy (non-hydrogen) atoms. The Morgan fingerprint density at radius 3 is 2.67 bits per heavy atom. The molecule has 0 spiro atoms. The van der Waals surface area contributed by atoms with E-state index in [9.17, 15) is 0 Å². The standard InChI is InChI=1S/C12H13.2ClH.Zr/c1-3-10-7-11-6-4-5-9(2)12(11)8-10;;;/h4-8H,3H2,1-2H3;2*1H;/q;;;+2/p-2. The number of hydrogen-bond donors (Lipinski definition) is 0. The van der Waals surface area contributed by atoms with Crippen LogP contribution in [0.1, 0.15) is 33.7 Å². The summed E-state index contributed by atoms with van der Waals surface area (Å²) in [6.07, 6.45) is 3.35. The fourth-order valence-electron chi connectivity index (χ4n) is 2.18. The van der Waals surface area contributed by atoms with Crippen LogP contribution in [0.4, 0.5) is 0 Å². The molecular formula is C12H13Cl2Zr. The molecule has 0 aromatic heterocycles. The van der Waals surface area contributed by atoms with E-state index in [2.05, 4.69) is 38.1 Å². The Hall–Kier alpha value is 0.423. The maximum absolute atomic E-state index is 6.26. The monoisotopic (exact) mass is 317 g/mol. The van der Waals surface area contributed by atoms with E-state index in [0.29, 0.717) is 3.63 Å². The quantitative estimate of drug-likeness (QED) is 0.736. The minimum absolute atomic E-state index is 0.385. The van der Waals surface area contributed by atoms with Crippen LogP contribution in [-0.4, -0.2) is 0 Å². The van der Waals surface area contributed by atoms with E-state index < -0.39 is 19.4 Å². The van der Waals surface area contributed by atoms with Gasteiger partial charge in [-0.2, -0.15) is 0 Å². The zero-order valence-electron chi connectivity index (χ0n) is 8.85. The average Bonchev–Trinajstić information content (AvgIpc) is 2.57. The average molecular weight is 319 g/mol. The molecule has 2 rings (SSSR count). The second-order valence-electron chi connectivity index (χ2n) is 3.87. The molecule has 1 aromatic rings. The summed E-state index contributed by atoms with van der Waals surface area (Å²) in [6.45, 7) is 4.33. The molecule has 0 aliphatic heterocycles. The molecule has 1 atom stereocenters. The maximum atomic E-state index is 6.26. The first kappa shape index (κ1) is 11.9. The third-order valence-electron chi connectivity index (χ3n) is 3.00. The van der Waals surface area contributed by atoms with Gasteiger partial charge in [-0.15, -0.1) is 0 Å². The molecule has 0 amide bonds. The van der Waals surface area contributed by atoms with Gasteiger partial charge in [0.2, 0.25) is 0 Å². The molecule has 0 fully saturated rings. The van der Waals surface area contributed by atoms with Crippen LogP contribution in [0.5, 0.6) is 0 Å². The molecule has 1 aliphatic carbocycles. The van der Waals surface area contributed by atoms with Crippen LogP contribution in [0.3, 0.4) is 0 Å². The van der Waals surface area contributed by atoms with Crippen molar-refractivity contribution in [3.05, 3.63) is 40.5 Å². The summed E-state index contributed by atoms with van der Waals surface area (Å²) in [4.78, 5) is 0. The Morgan fingerprint density at radius 2 is 2.07 bits per heavy atom. The molecule has 0 heterocycles. The molecule has 0 saturated heterocycles. The minimum atomic E-state index is -2.23. The van der Waals surface area contributed by atoms with Crippen LogP contribution < -0.4 is 0 Å². The van der Waals surface area contributed by atoms with E-state index in [0.717, 1.165) is 6.42 Å². The normalized spacial score (nSPS) is 18.7. The third-order valence-corrected chi connectivity index (χ3v) is 8.33. The predicted molar refractivity (Wildman–Crippen MR) is 63.9 cm³/mol. The fraction of sp³-hybridized carbons (Fsp3) is 0.333. The van der Waals surface area contributed by atoms with Gasteiger partial charge in [0.25, 0.3) is 0 Å². The topological polar surface area (TPSA) is 0 Å². The number of aryl methyl sites for hydroxylation is 1. The Labute approximate surface area is 106 Å². The van der Waals surface area contributed by atoms with Crippen LogP contribution in [-0.2, 0) is 19.4 Å². The Bertz CT molecular complexity index is 410. The summed E-state index contributed by atoms with van der Waals surface area (Å²) in [5.74, 6) is 0. The summed E-state index contributed by atoms with van der Waals surface area (Å²) < 4.78 is 0.385. The van der Waals surface area contributed by atoms with Crippen molar-refractivity contribution in [3.8, 4) is 0 Å². The number of benzene rings is 1. The Kier molecular flexibility index (Phi) is 3.76. The van der Waals surface area contributed by atoms with Crippen LogP contribution in [0.2, 0.25) is 0 Å². The first-order chi connectivity index (χ1) is 7.15. The second-order valence-corrected chi connectivity index (χ2v) is 12.7. The third kappa shape index (κ3) is 2.12. The summed E-state index contributed by atoms with van der Waals surface area (Å²) >= 11 is -2.23. The fourth-order valence-corrected chi connectivity index (χ4v) is 7.83. The Balaban J connectivity index is 2.53. The van der Waals surface area contributed by atoms with Crippen molar-refractivity contribution in [2.75, 3.05) is 0 Å². The molecule has 1 aliphatic rings. The van der Waals surface area contributed by atoms with Gasteiger partial charge in [0.15, 0.2) is 0 Å². The molecule has 0 N–H and O–H groups in total. The van der Waals surface area contributed by atoms with Gasteiger partial charge >= 0.3 is 107 Å². The van der Waals surface area contributed by atoms with Gasteiger partial charge in [0.1, 0.15) is 0 Å². The Morgan fingerprint density at radius 1 is 1.33 bits per heavy atom.